The van der Waals surface area contributed by atoms with E-state index < -0.39 is 21.7 Å². The maximum Gasteiger partial charge on any atom is 0.411 e. The second-order valence-corrected chi connectivity index (χ2v) is 18.9. The average Bonchev–Trinajstić information content (AvgIpc) is 2.55. The monoisotopic (exact) mass is 415 g/mol. The fraction of sp³-hybridized carbons (Fsp3) is 0.522. The molecular formula is C23H37NO2Si2. The van der Waals surface area contributed by atoms with Crippen LogP contribution >= 0.6 is 0 Å². The molecule has 0 fully saturated rings. The first-order valence-electron chi connectivity index (χ1n) is 9.95. The second-order valence-electron chi connectivity index (χ2n) is 9.69. The van der Waals surface area contributed by atoms with Crippen molar-refractivity contribution in [3.8, 4) is 11.5 Å². The lowest BCUT2D eigenvalue weighted by molar-refractivity contribution is 0.0293. The Labute approximate surface area is 174 Å². The molecule has 0 unspecified atom stereocenters. The van der Waals surface area contributed by atoms with E-state index in [4.69, 9.17) is 4.74 Å². The molecule has 0 saturated carbocycles. The predicted molar refractivity (Wildman–Crippen MR) is 126 cm³/mol. The molecule has 0 heterocycles. The first-order valence-corrected chi connectivity index (χ1v) is 16.5. The molecular weight excluding hydrogens is 378 g/mol. The van der Waals surface area contributed by atoms with Gasteiger partial charge in [0.2, 0.25) is 0 Å². The molecule has 0 aliphatic carbocycles. The summed E-state index contributed by atoms with van der Waals surface area (Å²) in [5.74, 6) is 3.24. The number of carbonyl (C=O) groups is 1. The quantitative estimate of drug-likeness (QED) is 0.488. The molecule has 0 aliphatic heterocycles. The van der Waals surface area contributed by atoms with Crippen molar-refractivity contribution in [3.05, 3.63) is 41.6 Å². The topological polar surface area (TPSA) is 29.5 Å². The molecule has 3 nitrogen and oxygen atoms in total. The van der Waals surface area contributed by atoms with Gasteiger partial charge in [-0.2, -0.15) is 0 Å². The molecule has 1 aromatic carbocycles. The summed E-state index contributed by atoms with van der Waals surface area (Å²) in [4.78, 5) is 14.6. The van der Waals surface area contributed by atoms with Crippen molar-refractivity contribution in [2.45, 2.75) is 66.0 Å². The van der Waals surface area contributed by atoms with Crippen molar-refractivity contribution in [1.82, 2.24) is 4.90 Å². The molecule has 0 aromatic heterocycles. The predicted octanol–water partition coefficient (Wildman–Crippen LogP) is 5.21. The summed E-state index contributed by atoms with van der Waals surface area (Å²) in [6.07, 6.45) is 1.87. The highest BCUT2D eigenvalue weighted by Gasteiger charge is 2.31. The van der Waals surface area contributed by atoms with Crippen molar-refractivity contribution in [2.75, 3.05) is 13.1 Å². The molecule has 0 bridgehead atoms. The Kier molecular flexibility index (Phi) is 8.34. The van der Waals surface area contributed by atoms with Gasteiger partial charge in [0.1, 0.15) is 21.7 Å². The van der Waals surface area contributed by atoms with E-state index >= 15 is 0 Å². The largest absolute Gasteiger partial charge is 0.444 e. The molecule has 1 rings (SSSR count). The number of ether oxygens (including phenoxy) is 1. The summed E-state index contributed by atoms with van der Waals surface area (Å²) in [5, 5.41) is 2.67. The molecule has 0 spiro atoms. The normalized spacial score (nSPS) is 12.8. The molecule has 0 aliphatic rings. The van der Waals surface area contributed by atoms with Crippen LogP contribution in [-0.4, -0.2) is 45.8 Å². The minimum absolute atomic E-state index is 0.297. The average molecular weight is 416 g/mol. The van der Waals surface area contributed by atoms with Crippen molar-refractivity contribution in [1.29, 1.82) is 0 Å². The first-order chi connectivity index (χ1) is 12.8. The lowest BCUT2D eigenvalue weighted by Crippen LogP contribution is -2.49. The number of hydrogen-bond acceptors (Lipinski definition) is 2. The Morgan fingerprint density at radius 1 is 1.11 bits per heavy atom. The van der Waals surface area contributed by atoms with E-state index in [0.29, 0.717) is 13.1 Å². The zero-order valence-corrected chi connectivity index (χ0v) is 21.1. The van der Waals surface area contributed by atoms with Gasteiger partial charge in [0.25, 0.3) is 0 Å². The third-order valence-corrected chi connectivity index (χ3v) is 9.15. The van der Waals surface area contributed by atoms with E-state index in [1.54, 1.807) is 4.90 Å². The number of benzene rings is 1. The summed E-state index contributed by atoms with van der Waals surface area (Å²) >= 11 is 0. The summed E-state index contributed by atoms with van der Waals surface area (Å²) in [5.41, 5.74) is 2.84. The number of hydrogen-bond donors (Lipinski definition) is 0. The number of carbonyl (C=O) groups excluding carboxylic acids is 1. The Hall–Kier alpha value is -1.78. The van der Waals surface area contributed by atoms with Gasteiger partial charge < -0.3 is 4.74 Å². The third kappa shape index (κ3) is 8.07. The Balaban J connectivity index is 3.14. The van der Waals surface area contributed by atoms with Crippen LogP contribution in [0.15, 0.2) is 41.6 Å². The number of rotatable bonds is 5. The van der Waals surface area contributed by atoms with Gasteiger partial charge in [-0.15, -0.1) is 5.54 Å². The van der Waals surface area contributed by atoms with Gasteiger partial charge >= 0.3 is 6.09 Å². The van der Waals surface area contributed by atoms with Crippen molar-refractivity contribution in [2.24, 2.45) is 0 Å². The van der Waals surface area contributed by atoms with Crippen LogP contribution in [0, 0.1) is 11.5 Å². The van der Waals surface area contributed by atoms with Crippen molar-refractivity contribution >= 4 is 27.4 Å². The molecule has 0 N–H and O–H groups in total. The van der Waals surface area contributed by atoms with Crippen LogP contribution in [-0.2, 0) is 4.74 Å². The van der Waals surface area contributed by atoms with Crippen LogP contribution < -0.4 is 5.19 Å². The maximum atomic E-state index is 12.9. The van der Waals surface area contributed by atoms with Crippen LogP contribution in [0.4, 0.5) is 4.79 Å². The van der Waals surface area contributed by atoms with Crippen LogP contribution in [0.2, 0.25) is 32.7 Å². The summed E-state index contributed by atoms with van der Waals surface area (Å²) in [6.45, 7) is 20.0. The van der Waals surface area contributed by atoms with E-state index in [1.165, 1.54) is 10.4 Å². The van der Waals surface area contributed by atoms with Gasteiger partial charge in [-0.3, -0.25) is 4.90 Å². The highest BCUT2D eigenvalue weighted by molar-refractivity contribution is 6.95. The molecule has 28 heavy (non-hydrogen) atoms. The summed E-state index contributed by atoms with van der Waals surface area (Å²) in [7, 11) is -3.37. The highest BCUT2D eigenvalue weighted by Crippen LogP contribution is 2.18. The van der Waals surface area contributed by atoms with Gasteiger partial charge in [0.15, 0.2) is 0 Å². The summed E-state index contributed by atoms with van der Waals surface area (Å²) < 4.78 is 5.67. The smallest absolute Gasteiger partial charge is 0.411 e. The molecule has 5 heteroatoms. The van der Waals surface area contributed by atoms with Crippen LogP contribution in [0.25, 0.3) is 0 Å². The highest BCUT2D eigenvalue weighted by atomic mass is 28.3. The van der Waals surface area contributed by atoms with Crippen molar-refractivity contribution < 1.29 is 9.53 Å². The van der Waals surface area contributed by atoms with Gasteiger partial charge in [0.05, 0.1) is 6.54 Å². The Bertz CT molecular complexity index is 745. The van der Waals surface area contributed by atoms with Gasteiger partial charge in [0, 0.05) is 6.54 Å². The Morgan fingerprint density at radius 3 is 2.14 bits per heavy atom. The number of nitrogens with zero attached hydrogens (tertiary/aromatic N) is 1. The zero-order valence-electron chi connectivity index (χ0n) is 19.1. The number of amides is 1. The lowest BCUT2D eigenvalue weighted by atomic mass is 10.2. The van der Waals surface area contributed by atoms with Crippen LogP contribution in [0.1, 0.15) is 27.7 Å². The molecule has 0 radical (unpaired) electrons. The van der Waals surface area contributed by atoms with E-state index in [-0.39, 0.29) is 6.09 Å². The van der Waals surface area contributed by atoms with E-state index in [2.05, 4.69) is 81.5 Å². The van der Waals surface area contributed by atoms with Crippen LogP contribution in [0.3, 0.4) is 0 Å². The van der Waals surface area contributed by atoms with Gasteiger partial charge in [-0.25, -0.2) is 4.79 Å². The van der Waals surface area contributed by atoms with Gasteiger partial charge in [-0.1, -0.05) is 85.4 Å². The standard InChI is InChI=1S/C23H37NO2Si2/c1-10-20(28(8,9)21-15-12-11-13-16-21)19-24(17-14-18-27(5,6)7)22(25)26-23(2,3)4/h10-13,15-16H,17,19H2,1-9H3/b20-10-. The molecule has 154 valence electrons. The minimum atomic E-state index is -1.88. The summed E-state index contributed by atoms with van der Waals surface area (Å²) in [6, 6.07) is 10.6. The third-order valence-electron chi connectivity index (χ3n) is 4.39. The fourth-order valence-corrected chi connectivity index (χ4v) is 6.12. The molecule has 0 atom stereocenters. The maximum absolute atomic E-state index is 12.9. The number of allylic oxidation sites excluding steroid dienone is 1. The second kappa shape index (κ2) is 9.62. The molecule has 1 aromatic rings. The van der Waals surface area contributed by atoms with Crippen molar-refractivity contribution in [3.63, 3.8) is 0 Å². The molecule has 1 amide bonds. The molecule has 0 saturated heterocycles. The van der Waals surface area contributed by atoms with E-state index in [1.807, 2.05) is 26.8 Å². The fourth-order valence-electron chi connectivity index (χ4n) is 2.81. The van der Waals surface area contributed by atoms with Crippen LogP contribution in [0.5, 0.6) is 0 Å². The first kappa shape index (κ1) is 24.3. The van der Waals surface area contributed by atoms with E-state index in [9.17, 15) is 4.79 Å². The zero-order chi connectivity index (χ0) is 21.6. The van der Waals surface area contributed by atoms with Gasteiger partial charge in [-0.05, 0) is 27.7 Å². The van der Waals surface area contributed by atoms with E-state index in [0.717, 1.165) is 0 Å². The minimum Gasteiger partial charge on any atom is -0.444 e. The SMILES string of the molecule is C/C=C(/CN(CC#C[Si](C)(C)C)C(=O)OC(C)(C)C)[Si](C)(C)c1ccccc1. The lowest BCUT2D eigenvalue weighted by Gasteiger charge is -2.32. The Morgan fingerprint density at radius 2 is 1.68 bits per heavy atom.